The van der Waals surface area contributed by atoms with Crippen molar-refractivity contribution in [2.24, 2.45) is 28.6 Å². The summed E-state index contributed by atoms with van der Waals surface area (Å²) in [5.41, 5.74) is 1.36. The molecule has 138 valence electrons. The Morgan fingerprint density at radius 2 is 1.84 bits per heavy atom. The molecule has 7 atom stereocenters. The number of hydrogen-bond donors (Lipinski definition) is 1. The van der Waals surface area contributed by atoms with Crippen LogP contribution in [0, 0.1) is 28.6 Å². The summed E-state index contributed by atoms with van der Waals surface area (Å²) in [4.78, 5) is 0. The fourth-order valence-electron chi connectivity index (χ4n) is 8.27. The highest BCUT2D eigenvalue weighted by Crippen LogP contribution is 2.70. The molecule has 0 radical (unpaired) electrons. The van der Waals surface area contributed by atoms with Crippen molar-refractivity contribution < 1.29 is 9.52 Å². The zero-order chi connectivity index (χ0) is 17.3. The molecule has 1 aromatic rings. The Balaban J connectivity index is 1.51. The maximum absolute atomic E-state index is 12.1. The van der Waals surface area contributed by atoms with E-state index >= 15 is 0 Å². The molecule has 0 amide bonds. The van der Waals surface area contributed by atoms with Crippen molar-refractivity contribution in [2.75, 3.05) is 0 Å². The Labute approximate surface area is 152 Å². The van der Waals surface area contributed by atoms with Crippen molar-refractivity contribution in [1.29, 1.82) is 0 Å². The summed E-state index contributed by atoms with van der Waals surface area (Å²) in [6.45, 7) is 4.98. The fraction of sp³-hybridized carbons (Fsp3) is 0.826. The van der Waals surface area contributed by atoms with Crippen LogP contribution >= 0.6 is 0 Å². The molecule has 2 nitrogen and oxygen atoms in total. The van der Waals surface area contributed by atoms with E-state index in [-0.39, 0.29) is 5.41 Å². The second kappa shape index (κ2) is 5.38. The molecule has 4 aliphatic carbocycles. The van der Waals surface area contributed by atoms with Gasteiger partial charge >= 0.3 is 0 Å². The van der Waals surface area contributed by atoms with Gasteiger partial charge in [-0.25, -0.2) is 0 Å². The Kier molecular flexibility index (Phi) is 3.53. The first-order valence-corrected chi connectivity index (χ1v) is 10.7. The van der Waals surface area contributed by atoms with Gasteiger partial charge in [0.2, 0.25) is 0 Å². The lowest BCUT2D eigenvalue weighted by Crippen LogP contribution is -2.61. The lowest BCUT2D eigenvalue weighted by atomic mass is 9.43. The van der Waals surface area contributed by atoms with Crippen LogP contribution in [-0.4, -0.2) is 10.7 Å². The molecule has 1 heterocycles. The van der Waals surface area contributed by atoms with Crippen LogP contribution in [0.15, 0.2) is 23.0 Å². The SMILES string of the molecule is C[C@]12CCCC[C@H]1CC[C@@H]1[C@@H]2CC[C@]2(C)[C@@H](c3ccoc3)CC[C@]12O. The zero-order valence-electron chi connectivity index (χ0n) is 16.0. The molecule has 1 aromatic heterocycles. The predicted octanol–water partition coefficient (Wildman–Crippen LogP) is 5.91. The van der Waals surface area contributed by atoms with Crippen LogP contribution in [0.5, 0.6) is 0 Å². The number of aliphatic hydroxyl groups is 1. The second-order valence-electron chi connectivity index (χ2n) is 10.3. The van der Waals surface area contributed by atoms with Gasteiger partial charge in [-0.05, 0) is 92.1 Å². The molecule has 0 aromatic carbocycles. The van der Waals surface area contributed by atoms with E-state index in [0.29, 0.717) is 17.3 Å². The minimum atomic E-state index is -0.469. The van der Waals surface area contributed by atoms with E-state index in [1.807, 2.05) is 6.26 Å². The Bertz CT molecular complexity index is 637. The molecule has 0 unspecified atom stereocenters. The molecule has 0 bridgehead atoms. The topological polar surface area (TPSA) is 33.4 Å². The van der Waals surface area contributed by atoms with Crippen LogP contribution in [0.2, 0.25) is 0 Å². The van der Waals surface area contributed by atoms with E-state index in [1.165, 1.54) is 56.9 Å². The number of fused-ring (bicyclic) bond motifs is 5. The normalized spacial score (nSPS) is 52.3. The van der Waals surface area contributed by atoms with Crippen molar-refractivity contribution in [3.63, 3.8) is 0 Å². The lowest BCUT2D eigenvalue weighted by Gasteiger charge is -2.63. The van der Waals surface area contributed by atoms with Gasteiger partial charge in [-0.15, -0.1) is 0 Å². The molecule has 5 rings (SSSR count). The van der Waals surface area contributed by atoms with Gasteiger partial charge in [0, 0.05) is 5.41 Å². The lowest BCUT2D eigenvalue weighted by molar-refractivity contribution is -0.200. The van der Waals surface area contributed by atoms with E-state index < -0.39 is 5.60 Å². The Morgan fingerprint density at radius 3 is 2.64 bits per heavy atom. The molecule has 4 aliphatic rings. The average Bonchev–Trinajstić information content (AvgIpc) is 3.20. The third-order valence-corrected chi connectivity index (χ3v) is 9.72. The largest absolute Gasteiger partial charge is 0.472 e. The summed E-state index contributed by atoms with van der Waals surface area (Å²) in [6.07, 6.45) is 16.6. The molecule has 4 saturated carbocycles. The molecule has 0 spiro atoms. The minimum absolute atomic E-state index is 0.0237. The van der Waals surface area contributed by atoms with Gasteiger partial charge in [0.25, 0.3) is 0 Å². The van der Waals surface area contributed by atoms with Crippen LogP contribution in [0.3, 0.4) is 0 Å². The molecule has 25 heavy (non-hydrogen) atoms. The van der Waals surface area contributed by atoms with Crippen molar-refractivity contribution in [3.8, 4) is 0 Å². The summed E-state index contributed by atoms with van der Waals surface area (Å²) in [6, 6.07) is 2.13. The van der Waals surface area contributed by atoms with Crippen LogP contribution in [0.25, 0.3) is 0 Å². The van der Waals surface area contributed by atoms with Gasteiger partial charge in [-0.2, -0.15) is 0 Å². The number of furan rings is 1. The molecule has 0 aliphatic heterocycles. The molecular formula is C23H34O2. The van der Waals surface area contributed by atoms with Gasteiger partial charge in [0.15, 0.2) is 0 Å². The van der Waals surface area contributed by atoms with Crippen molar-refractivity contribution in [2.45, 2.75) is 89.6 Å². The van der Waals surface area contributed by atoms with E-state index in [9.17, 15) is 5.11 Å². The molecule has 4 fully saturated rings. The monoisotopic (exact) mass is 342 g/mol. The van der Waals surface area contributed by atoms with E-state index in [4.69, 9.17) is 4.42 Å². The number of rotatable bonds is 1. The first-order chi connectivity index (χ1) is 12.0. The first-order valence-electron chi connectivity index (χ1n) is 10.7. The summed E-state index contributed by atoms with van der Waals surface area (Å²) in [7, 11) is 0. The van der Waals surface area contributed by atoms with Gasteiger partial charge in [-0.3, -0.25) is 0 Å². The fourth-order valence-corrected chi connectivity index (χ4v) is 8.27. The van der Waals surface area contributed by atoms with Gasteiger partial charge in [-0.1, -0.05) is 26.7 Å². The van der Waals surface area contributed by atoms with Crippen molar-refractivity contribution >= 4 is 0 Å². The molecule has 2 heteroatoms. The van der Waals surface area contributed by atoms with E-state index in [2.05, 4.69) is 19.9 Å². The first kappa shape index (κ1) is 16.4. The minimum Gasteiger partial charge on any atom is -0.472 e. The molecule has 1 N–H and O–H groups in total. The smallest absolute Gasteiger partial charge is 0.0937 e. The second-order valence-corrected chi connectivity index (χ2v) is 10.3. The van der Waals surface area contributed by atoms with Crippen LogP contribution in [0.4, 0.5) is 0 Å². The van der Waals surface area contributed by atoms with Crippen LogP contribution in [0.1, 0.15) is 89.5 Å². The molecular weight excluding hydrogens is 308 g/mol. The summed E-state index contributed by atoms with van der Waals surface area (Å²) in [5.74, 6) is 2.64. The maximum Gasteiger partial charge on any atom is 0.0937 e. The average molecular weight is 343 g/mol. The van der Waals surface area contributed by atoms with E-state index in [1.54, 1.807) is 6.26 Å². The van der Waals surface area contributed by atoms with Crippen molar-refractivity contribution in [3.05, 3.63) is 24.2 Å². The van der Waals surface area contributed by atoms with Crippen LogP contribution in [-0.2, 0) is 0 Å². The maximum atomic E-state index is 12.1. The van der Waals surface area contributed by atoms with Gasteiger partial charge < -0.3 is 9.52 Å². The predicted molar refractivity (Wildman–Crippen MR) is 99.3 cm³/mol. The highest BCUT2D eigenvalue weighted by Gasteiger charge is 2.67. The number of hydrogen-bond acceptors (Lipinski definition) is 2. The standard InChI is InChI=1S/C23H34O2/c1-21-11-4-3-5-17(21)6-7-20-19(21)8-12-22(2)18(9-13-23(20,22)24)16-10-14-25-15-16/h10,14-15,17-20,24H,3-9,11-13H2,1-2H3/t17-,18+,19-,20+,21-,22+,23-/m0/s1. The zero-order valence-corrected chi connectivity index (χ0v) is 16.0. The highest BCUT2D eigenvalue weighted by atomic mass is 16.3. The van der Waals surface area contributed by atoms with Gasteiger partial charge in [0.05, 0.1) is 18.1 Å². The summed E-state index contributed by atoms with van der Waals surface area (Å²) < 4.78 is 5.40. The summed E-state index contributed by atoms with van der Waals surface area (Å²) >= 11 is 0. The highest BCUT2D eigenvalue weighted by molar-refractivity contribution is 5.26. The third kappa shape index (κ3) is 2.01. The summed E-state index contributed by atoms with van der Waals surface area (Å²) in [5, 5.41) is 12.1. The van der Waals surface area contributed by atoms with Gasteiger partial charge in [0.1, 0.15) is 0 Å². The Hall–Kier alpha value is -0.760. The van der Waals surface area contributed by atoms with Crippen LogP contribution < -0.4 is 0 Å². The third-order valence-electron chi connectivity index (χ3n) is 9.72. The Morgan fingerprint density at radius 1 is 0.960 bits per heavy atom. The molecule has 0 saturated heterocycles. The quantitative estimate of drug-likeness (QED) is 0.688. The van der Waals surface area contributed by atoms with E-state index in [0.717, 1.165) is 24.7 Å². The van der Waals surface area contributed by atoms with Crippen molar-refractivity contribution in [1.82, 2.24) is 0 Å².